The third-order valence-electron chi connectivity index (χ3n) is 2.56. The van der Waals surface area contributed by atoms with Crippen molar-refractivity contribution in [3.8, 4) is 0 Å². The number of nitrogens with zero attached hydrogens (tertiary/aromatic N) is 1. The average Bonchev–Trinajstić information content (AvgIpc) is 2.28. The van der Waals surface area contributed by atoms with Gasteiger partial charge in [0.1, 0.15) is 0 Å². The summed E-state index contributed by atoms with van der Waals surface area (Å²) < 4.78 is 23.4. The number of piperidine rings is 1. The molecule has 0 aromatic rings. The van der Waals surface area contributed by atoms with Crippen molar-refractivity contribution in [1.82, 2.24) is 4.31 Å². The summed E-state index contributed by atoms with van der Waals surface area (Å²) in [5.74, 6) is -0.0483. The Bertz CT molecular complexity index is 349. The van der Waals surface area contributed by atoms with Crippen LogP contribution in [-0.4, -0.2) is 31.3 Å². The van der Waals surface area contributed by atoms with Crippen molar-refractivity contribution in [2.75, 3.05) is 13.2 Å². The van der Waals surface area contributed by atoms with Gasteiger partial charge in [0.2, 0.25) is 0 Å². The maximum absolute atomic E-state index is 11.1. The van der Waals surface area contributed by atoms with E-state index < -0.39 is 11.3 Å². The molecule has 0 saturated carbocycles. The number of rotatable bonds is 3. The largest absolute Gasteiger partial charge is 0.755 e. The molecule has 0 radical (unpaired) electrons. The van der Waals surface area contributed by atoms with Gasteiger partial charge in [0.15, 0.2) is 0 Å². The highest BCUT2D eigenvalue weighted by Gasteiger charge is 2.26. The van der Waals surface area contributed by atoms with E-state index in [1.807, 2.05) is 0 Å². The van der Waals surface area contributed by atoms with Crippen LogP contribution >= 0.6 is 0 Å². The lowest BCUT2D eigenvalue weighted by Gasteiger charge is -2.38. The van der Waals surface area contributed by atoms with Crippen LogP contribution in [0.3, 0.4) is 0 Å². The molecule has 0 aromatic heterocycles. The quantitative estimate of drug-likeness (QED) is 0.754. The molecule has 2 atom stereocenters. The standard InChI is InChI=1S/C11H17NO3S/c1-3-5-10-6-9(8-13)7-12(16(14)15)11(10)4-2/h3-5,9,13H,1,6-8H2,2H3,(H,14,15)/p-1/b10-5-,11-4+/t9-/m1/s1. The van der Waals surface area contributed by atoms with Crippen molar-refractivity contribution >= 4 is 11.3 Å². The zero-order valence-electron chi connectivity index (χ0n) is 9.26. The number of allylic oxidation sites excluding steroid dienone is 4. The van der Waals surface area contributed by atoms with E-state index in [1.54, 1.807) is 25.2 Å². The minimum Gasteiger partial charge on any atom is -0.755 e. The van der Waals surface area contributed by atoms with Crippen molar-refractivity contribution in [3.05, 3.63) is 36.1 Å². The van der Waals surface area contributed by atoms with E-state index in [0.29, 0.717) is 18.7 Å². The molecule has 1 rings (SSSR count). The molecule has 4 nitrogen and oxygen atoms in total. The molecular weight excluding hydrogens is 226 g/mol. The molecule has 1 aliphatic heterocycles. The van der Waals surface area contributed by atoms with E-state index >= 15 is 0 Å². The maximum Gasteiger partial charge on any atom is 0.0479 e. The molecule has 1 unspecified atom stereocenters. The molecule has 1 aliphatic rings. The lowest BCUT2D eigenvalue weighted by atomic mass is 9.93. The molecule has 1 fully saturated rings. The molecule has 0 aromatic carbocycles. The summed E-state index contributed by atoms with van der Waals surface area (Å²) in [5, 5.41) is 9.14. The summed E-state index contributed by atoms with van der Waals surface area (Å²) in [6.45, 7) is 5.72. The third kappa shape index (κ3) is 2.81. The maximum atomic E-state index is 11.1. The summed E-state index contributed by atoms with van der Waals surface area (Å²) in [5.41, 5.74) is 1.57. The highest BCUT2D eigenvalue weighted by Crippen LogP contribution is 2.30. The minimum atomic E-state index is -2.30. The highest BCUT2D eigenvalue weighted by molar-refractivity contribution is 7.76. The molecule has 0 aliphatic carbocycles. The van der Waals surface area contributed by atoms with Crippen molar-refractivity contribution < 1.29 is 13.9 Å². The van der Waals surface area contributed by atoms with Gasteiger partial charge in [0.25, 0.3) is 0 Å². The fourth-order valence-corrected chi connectivity index (χ4v) is 2.58. The number of hydrogen-bond acceptors (Lipinski definition) is 3. The lowest BCUT2D eigenvalue weighted by Crippen LogP contribution is -2.37. The van der Waals surface area contributed by atoms with E-state index in [2.05, 4.69) is 6.58 Å². The Morgan fingerprint density at radius 1 is 1.75 bits per heavy atom. The van der Waals surface area contributed by atoms with E-state index in [0.717, 1.165) is 5.57 Å². The summed E-state index contributed by atoms with van der Waals surface area (Å²) in [6.07, 6.45) is 5.86. The monoisotopic (exact) mass is 242 g/mol. The van der Waals surface area contributed by atoms with Gasteiger partial charge in [-0.05, 0) is 18.9 Å². The molecule has 1 saturated heterocycles. The smallest absolute Gasteiger partial charge is 0.0479 e. The van der Waals surface area contributed by atoms with Crippen LogP contribution in [0.25, 0.3) is 0 Å². The van der Waals surface area contributed by atoms with Gasteiger partial charge in [-0.25, -0.2) is 0 Å². The van der Waals surface area contributed by atoms with Gasteiger partial charge in [-0.3, -0.25) is 4.21 Å². The van der Waals surface area contributed by atoms with Gasteiger partial charge < -0.3 is 14.0 Å². The Labute approximate surface area is 98.4 Å². The highest BCUT2D eigenvalue weighted by atomic mass is 32.2. The predicted molar refractivity (Wildman–Crippen MR) is 62.9 cm³/mol. The molecule has 1 N–H and O–H groups in total. The molecule has 5 heteroatoms. The third-order valence-corrected chi connectivity index (χ3v) is 3.27. The van der Waals surface area contributed by atoms with Gasteiger partial charge >= 0.3 is 0 Å². The Morgan fingerprint density at radius 3 is 2.88 bits per heavy atom. The van der Waals surface area contributed by atoms with Crippen molar-refractivity contribution in [1.29, 1.82) is 0 Å². The SMILES string of the molecule is C=C/C=C1/C[C@@H](CO)CN(S(=O)[O-])/C1=C/C. The Hall–Kier alpha value is -0.910. The first-order chi connectivity index (χ1) is 7.63. The van der Waals surface area contributed by atoms with Crippen molar-refractivity contribution in [2.24, 2.45) is 5.92 Å². The molecule has 0 spiro atoms. The molecular formula is C11H16NO3S-. The summed E-state index contributed by atoms with van der Waals surface area (Å²) in [7, 11) is 0. The van der Waals surface area contributed by atoms with Crippen LogP contribution in [0.2, 0.25) is 0 Å². The molecule has 0 bridgehead atoms. The van der Waals surface area contributed by atoms with Gasteiger partial charge in [0, 0.05) is 36.0 Å². The average molecular weight is 242 g/mol. The number of aliphatic hydroxyl groups is 1. The van der Waals surface area contributed by atoms with Crippen LogP contribution in [0.5, 0.6) is 0 Å². The number of aliphatic hydroxyl groups excluding tert-OH is 1. The van der Waals surface area contributed by atoms with E-state index in [1.165, 1.54) is 4.31 Å². The topological polar surface area (TPSA) is 63.6 Å². The summed E-state index contributed by atoms with van der Waals surface area (Å²) in [4.78, 5) is 0. The normalized spacial score (nSPS) is 28.4. The van der Waals surface area contributed by atoms with Crippen LogP contribution in [0.15, 0.2) is 36.1 Å². The summed E-state index contributed by atoms with van der Waals surface area (Å²) >= 11 is -2.30. The van der Waals surface area contributed by atoms with E-state index in [4.69, 9.17) is 5.11 Å². The molecule has 1 heterocycles. The van der Waals surface area contributed by atoms with E-state index in [9.17, 15) is 8.76 Å². The first kappa shape index (κ1) is 13.2. The van der Waals surface area contributed by atoms with Crippen LogP contribution < -0.4 is 0 Å². The fourth-order valence-electron chi connectivity index (χ4n) is 1.86. The molecule has 90 valence electrons. The second kappa shape index (κ2) is 5.98. The Balaban J connectivity index is 3.05. The van der Waals surface area contributed by atoms with Crippen LogP contribution in [0.1, 0.15) is 13.3 Å². The van der Waals surface area contributed by atoms with Gasteiger partial charge in [-0.2, -0.15) is 0 Å². The predicted octanol–water partition coefficient (Wildman–Crippen LogP) is 1.11. The molecule has 0 amide bonds. The van der Waals surface area contributed by atoms with Crippen molar-refractivity contribution in [2.45, 2.75) is 13.3 Å². The Kier molecular flexibility index (Phi) is 4.92. The van der Waals surface area contributed by atoms with Crippen LogP contribution in [0, 0.1) is 5.92 Å². The molecule has 16 heavy (non-hydrogen) atoms. The second-order valence-electron chi connectivity index (χ2n) is 3.63. The second-order valence-corrected chi connectivity index (χ2v) is 4.51. The van der Waals surface area contributed by atoms with Crippen LogP contribution in [-0.2, 0) is 11.3 Å². The fraction of sp³-hybridized carbons (Fsp3) is 0.455. The van der Waals surface area contributed by atoms with Gasteiger partial charge in [0.05, 0.1) is 0 Å². The first-order valence-corrected chi connectivity index (χ1v) is 6.13. The van der Waals surface area contributed by atoms with E-state index in [-0.39, 0.29) is 12.5 Å². The zero-order valence-corrected chi connectivity index (χ0v) is 10.1. The Morgan fingerprint density at radius 2 is 2.44 bits per heavy atom. The first-order valence-electron chi connectivity index (χ1n) is 5.10. The number of hydrogen-bond donors (Lipinski definition) is 1. The zero-order chi connectivity index (χ0) is 12.1. The van der Waals surface area contributed by atoms with Crippen LogP contribution in [0.4, 0.5) is 0 Å². The van der Waals surface area contributed by atoms with Gasteiger partial charge in [-0.15, -0.1) is 0 Å². The van der Waals surface area contributed by atoms with Crippen molar-refractivity contribution in [3.63, 3.8) is 0 Å². The minimum absolute atomic E-state index is 0.0147. The summed E-state index contributed by atoms with van der Waals surface area (Å²) in [6, 6.07) is 0. The van der Waals surface area contributed by atoms with Gasteiger partial charge in [-0.1, -0.05) is 24.8 Å². The lowest BCUT2D eigenvalue weighted by molar-refractivity contribution is 0.197.